The molecule has 0 bridgehead atoms. The normalized spacial score (nSPS) is 17.6. The summed E-state index contributed by atoms with van der Waals surface area (Å²) in [5.41, 5.74) is 2.39. The number of aromatic nitrogens is 2. The van der Waals surface area contributed by atoms with E-state index in [1.165, 1.54) is 4.90 Å². The van der Waals surface area contributed by atoms with Gasteiger partial charge in [0.25, 0.3) is 0 Å². The van der Waals surface area contributed by atoms with Gasteiger partial charge < -0.3 is 10.1 Å². The molecule has 0 spiro atoms. The number of methoxy groups -OCH3 is 1. The van der Waals surface area contributed by atoms with E-state index in [0.29, 0.717) is 19.6 Å². The molecule has 0 aliphatic carbocycles. The lowest BCUT2D eigenvalue weighted by molar-refractivity contribution is -0.141. The summed E-state index contributed by atoms with van der Waals surface area (Å²) in [4.78, 5) is 41.0. The van der Waals surface area contributed by atoms with Crippen LogP contribution in [0.15, 0.2) is 67.0 Å². The number of nitrogens with one attached hydrogen (secondary N) is 1. The molecule has 0 unspecified atom stereocenters. The summed E-state index contributed by atoms with van der Waals surface area (Å²) < 4.78 is 6.90. The number of benzene rings is 2. The maximum absolute atomic E-state index is 13.6. The zero-order chi connectivity index (χ0) is 25.5. The Balaban J connectivity index is 1.47. The molecule has 188 valence electrons. The molecule has 36 heavy (non-hydrogen) atoms. The molecular formula is C28H32N4O4. The summed E-state index contributed by atoms with van der Waals surface area (Å²) in [7, 11) is 1.58. The van der Waals surface area contributed by atoms with E-state index in [1.54, 1.807) is 13.3 Å². The van der Waals surface area contributed by atoms with E-state index < -0.39 is 5.41 Å². The van der Waals surface area contributed by atoms with Crippen molar-refractivity contribution >= 4 is 17.7 Å². The van der Waals surface area contributed by atoms with Gasteiger partial charge in [-0.1, -0.05) is 54.6 Å². The first-order chi connectivity index (χ1) is 17.4. The molecule has 1 aromatic heterocycles. The number of likely N-dealkylation sites (tertiary alicyclic amines) is 1. The van der Waals surface area contributed by atoms with Gasteiger partial charge in [-0.05, 0) is 30.0 Å². The number of amides is 3. The topological polar surface area (TPSA) is 93.5 Å². The molecule has 3 aromatic rings. The Morgan fingerprint density at radius 2 is 1.83 bits per heavy atom. The monoisotopic (exact) mass is 488 g/mol. The van der Waals surface area contributed by atoms with Crippen LogP contribution >= 0.6 is 0 Å². The Hall–Kier alpha value is -3.78. The van der Waals surface area contributed by atoms with Crippen molar-refractivity contribution < 1.29 is 19.1 Å². The first-order valence-electron chi connectivity index (χ1n) is 12.1. The number of aryl methyl sites for hydroxylation is 1. The highest BCUT2D eigenvalue weighted by molar-refractivity contribution is 6.10. The van der Waals surface area contributed by atoms with Crippen LogP contribution in [0.4, 0.5) is 0 Å². The third-order valence-electron chi connectivity index (χ3n) is 6.63. The number of rotatable bonds is 11. The van der Waals surface area contributed by atoms with Crippen LogP contribution in [0.2, 0.25) is 0 Å². The zero-order valence-corrected chi connectivity index (χ0v) is 20.8. The van der Waals surface area contributed by atoms with Gasteiger partial charge in [-0.3, -0.25) is 24.0 Å². The van der Waals surface area contributed by atoms with E-state index in [2.05, 4.69) is 10.4 Å². The van der Waals surface area contributed by atoms with Crippen LogP contribution in [0.1, 0.15) is 41.5 Å². The molecule has 1 atom stereocenters. The predicted octanol–water partition coefficient (Wildman–Crippen LogP) is 2.98. The highest BCUT2D eigenvalue weighted by Gasteiger charge is 2.53. The molecule has 1 aliphatic rings. The summed E-state index contributed by atoms with van der Waals surface area (Å²) in [6.07, 6.45) is 4.05. The summed E-state index contributed by atoms with van der Waals surface area (Å²) >= 11 is 0. The van der Waals surface area contributed by atoms with Gasteiger partial charge in [0.2, 0.25) is 17.7 Å². The van der Waals surface area contributed by atoms with Crippen LogP contribution in [0.25, 0.3) is 0 Å². The quantitative estimate of drug-likeness (QED) is 0.331. The van der Waals surface area contributed by atoms with Crippen molar-refractivity contribution in [2.75, 3.05) is 20.3 Å². The maximum atomic E-state index is 13.6. The van der Waals surface area contributed by atoms with Crippen LogP contribution in [0, 0.1) is 6.92 Å². The van der Waals surface area contributed by atoms with Gasteiger partial charge in [-0.2, -0.15) is 5.10 Å². The van der Waals surface area contributed by atoms with Crippen molar-refractivity contribution in [3.05, 3.63) is 89.2 Å². The number of imide groups is 1. The molecule has 3 amide bonds. The van der Waals surface area contributed by atoms with Crippen LogP contribution in [-0.4, -0.2) is 52.7 Å². The van der Waals surface area contributed by atoms with Crippen LogP contribution in [0.5, 0.6) is 0 Å². The molecule has 1 fully saturated rings. The van der Waals surface area contributed by atoms with Crippen LogP contribution in [0.3, 0.4) is 0 Å². The number of carbonyl (C=O) groups excluding carboxylic acids is 3. The number of hydrogen-bond donors (Lipinski definition) is 1. The first kappa shape index (κ1) is 25.3. The number of ether oxygens (including phenoxy) is 1. The van der Waals surface area contributed by atoms with Gasteiger partial charge >= 0.3 is 0 Å². The third kappa shape index (κ3) is 5.54. The first-order valence-corrected chi connectivity index (χ1v) is 12.1. The van der Waals surface area contributed by atoms with Gasteiger partial charge in [0.05, 0.1) is 18.2 Å². The lowest BCUT2D eigenvalue weighted by atomic mass is 9.74. The van der Waals surface area contributed by atoms with Gasteiger partial charge in [0.15, 0.2) is 0 Å². The standard InChI is InChI=1S/C28H32N4O4/c1-21-9-6-7-12-24(21)28(16-26(34)32(27(28)35)13-8-14-36-2)15-25(33)29-17-23-18-30-31(20-23)19-22-10-4-3-5-11-22/h3-7,9-12,18,20H,8,13-17,19H2,1-2H3,(H,29,33)/t28-/m1/s1. The molecular weight excluding hydrogens is 456 g/mol. The summed E-state index contributed by atoms with van der Waals surface area (Å²) in [6.45, 7) is 3.56. The predicted molar refractivity (Wildman–Crippen MR) is 135 cm³/mol. The SMILES string of the molecule is COCCCN1C(=O)C[C@](CC(=O)NCc2cnn(Cc3ccccc3)c2)(c2ccccc2C)C1=O. The molecule has 0 radical (unpaired) electrons. The number of hydrogen-bond acceptors (Lipinski definition) is 5. The summed E-state index contributed by atoms with van der Waals surface area (Å²) in [6, 6.07) is 17.5. The number of nitrogens with zero attached hydrogens (tertiary/aromatic N) is 3. The summed E-state index contributed by atoms with van der Waals surface area (Å²) in [5.74, 6) is -0.855. The van der Waals surface area contributed by atoms with E-state index >= 15 is 0 Å². The van der Waals surface area contributed by atoms with Crippen molar-refractivity contribution in [1.29, 1.82) is 0 Å². The molecule has 0 saturated carbocycles. The Morgan fingerprint density at radius 1 is 1.08 bits per heavy atom. The average molecular weight is 489 g/mol. The fourth-order valence-corrected chi connectivity index (χ4v) is 4.84. The van der Waals surface area contributed by atoms with Crippen molar-refractivity contribution in [3.63, 3.8) is 0 Å². The molecule has 1 aliphatic heterocycles. The Morgan fingerprint density at radius 3 is 2.58 bits per heavy atom. The van der Waals surface area contributed by atoms with Gasteiger partial charge in [0, 0.05) is 51.4 Å². The largest absolute Gasteiger partial charge is 0.385 e. The minimum atomic E-state index is -1.21. The van der Waals surface area contributed by atoms with Crippen molar-refractivity contribution in [1.82, 2.24) is 20.0 Å². The second-order valence-electron chi connectivity index (χ2n) is 9.26. The highest BCUT2D eigenvalue weighted by Crippen LogP contribution is 2.41. The third-order valence-corrected chi connectivity index (χ3v) is 6.63. The highest BCUT2D eigenvalue weighted by atomic mass is 16.5. The molecule has 1 saturated heterocycles. The molecule has 2 heterocycles. The zero-order valence-electron chi connectivity index (χ0n) is 20.8. The molecule has 2 aromatic carbocycles. The molecule has 4 rings (SSSR count). The Bertz CT molecular complexity index is 1220. The second-order valence-corrected chi connectivity index (χ2v) is 9.26. The van der Waals surface area contributed by atoms with Crippen molar-refractivity contribution in [3.8, 4) is 0 Å². The van der Waals surface area contributed by atoms with E-state index in [9.17, 15) is 14.4 Å². The van der Waals surface area contributed by atoms with Gasteiger partial charge in [-0.25, -0.2) is 0 Å². The minimum absolute atomic E-state index is 0.0217. The van der Waals surface area contributed by atoms with Gasteiger partial charge in [-0.15, -0.1) is 0 Å². The number of carbonyl (C=O) groups is 3. The Kier molecular flexibility index (Phi) is 7.95. The lowest BCUT2D eigenvalue weighted by Gasteiger charge is -2.28. The molecule has 1 N–H and O–H groups in total. The van der Waals surface area contributed by atoms with E-state index in [0.717, 1.165) is 22.3 Å². The maximum Gasteiger partial charge on any atom is 0.240 e. The fourth-order valence-electron chi connectivity index (χ4n) is 4.84. The van der Waals surface area contributed by atoms with Crippen LogP contribution in [-0.2, 0) is 37.6 Å². The minimum Gasteiger partial charge on any atom is -0.385 e. The van der Waals surface area contributed by atoms with E-state index in [-0.39, 0.29) is 43.7 Å². The second kappa shape index (κ2) is 11.3. The van der Waals surface area contributed by atoms with E-state index in [1.807, 2.05) is 72.4 Å². The van der Waals surface area contributed by atoms with Gasteiger partial charge in [0.1, 0.15) is 0 Å². The fraction of sp³-hybridized carbons (Fsp3) is 0.357. The van der Waals surface area contributed by atoms with Crippen molar-refractivity contribution in [2.45, 2.75) is 44.7 Å². The lowest BCUT2D eigenvalue weighted by Crippen LogP contribution is -2.43. The Labute approximate surface area is 211 Å². The average Bonchev–Trinajstić information content (AvgIpc) is 3.41. The molecule has 8 nitrogen and oxygen atoms in total. The van der Waals surface area contributed by atoms with Crippen LogP contribution < -0.4 is 5.32 Å². The smallest absolute Gasteiger partial charge is 0.240 e. The van der Waals surface area contributed by atoms with E-state index in [4.69, 9.17) is 4.74 Å². The van der Waals surface area contributed by atoms with Crippen molar-refractivity contribution in [2.24, 2.45) is 0 Å². The molecule has 8 heteroatoms. The summed E-state index contributed by atoms with van der Waals surface area (Å²) in [5, 5.41) is 7.31.